The molecule has 0 aromatic carbocycles. The summed E-state index contributed by atoms with van der Waals surface area (Å²) in [6, 6.07) is 3.69. The summed E-state index contributed by atoms with van der Waals surface area (Å²) in [6.07, 6.45) is 5.64. The van der Waals surface area contributed by atoms with Crippen molar-refractivity contribution >= 4 is 28.6 Å². The molecule has 25 heavy (non-hydrogen) atoms. The summed E-state index contributed by atoms with van der Waals surface area (Å²) in [5.41, 5.74) is 2.13. The average Bonchev–Trinajstić information content (AvgIpc) is 3.06. The molecule has 1 aliphatic heterocycles. The Morgan fingerprint density at radius 3 is 2.84 bits per heavy atom. The first-order chi connectivity index (χ1) is 12.1. The van der Waals surface area contributed by atoms with Gasteiger partial charge in [0.1, 0.15) is 16.5 Å². The largest absolute Gasteiger partial charge is 0.390 e. The van der Waals surface area contributed by atoms with Gasteiger partial charge < -0.3 is 10.0 Å². The van der Waals surface area contributed by atoms with Crippen LogP contribution in [0.1, 0.15) is 26.2 Å². The number of aliphatic hydroxyl groups is 1. The molecule has 4 heterocycles. The van der Waals surface area contributed by atoms with Gasteiger partial charge in [-0.05, 0) is 31.4 Å². The van der Waals surface area contributed by atoms with Crippen LogP contribution in [0.3, 0.4) is 0 Å². The molecule has 0 radical (unpaired) electrons. The molecule has 130 valence electrons. The molecule has 8 heteroatoms. The van der Waals surface area contributed by atoms with E-state index in [0.29, 0.717) is 22.0 Å². The number of nitrogens with zero attached hydrogens (tertiary/aromatic N) is 5. The minimum atomic E-state index is -0.551. The minimum Gasteiger partial charge on any atom is -0.390 e. The molecule has 3 aromatic heterocycles. The molecule has 1 fully saturated rings. The molecule has 0 spiro atoms. The number of aromatic amines is 1. The lowest BCUT2D eigenvalue weighted by Gasteiger charge is -2.38. The van der Waals surface area contributed by atoms with Crippen LogP contribution in [0.2, 0.25) is 5.15 Å². The Bertz CT molecular complexity index is 903. The number of halogens is 1. The van der Waals surface area contributed by atoms with Gasteiger partial charge in [-0.3, -0.25) is 5.10 Å². The molecule has 0 unspecified atom stereocenters. The van der Waals surface area contributed by atoms with E-state index < -0.39 is 5.60 Å². The first-order valence-corrected chi connectivity index (χ1v) is 8.77. The van der Waals surface area contributed by atoms with E-state index in [1.165, 1.54) is 0 Å². The number of nitrogens with one attached hydrogen (secondary N) is 1. The van der Waals surface area contributed by atoms with Crippen LogP contribution in [0, 0.1) is 0 Å². The second-order valence-corrected chi connectivity index (χ2v) is 6.76. The Labute approximate surface area is 150 Å². The van der Waals surface area contributed by atoms with Crippen LogP contribution in [-0.4, -0.2) is 48.9 Å². The maximum Gasteiger partial charge on any atom is 0.202 e. The number of hydrogen-bond donors (Lipinski definition) is 2. The summed E-state index contributed by atoms with van der Waals surface area (Å²) >= 11 is 6.17. The van der Waals surface area contributed by atoms with Crippen molar-refractivity contribution in [2.24, 2.45) is 0 Å². The number of hydrogen-bond acceptors (Lipinski definition) is 6. The van der Waals surface area contributed by atoms with Gasteiger partial charge in [0.05, 0.1) is 17.5 Å². The van der Waals surface area contributed by atoms with Crippen LogP contribution in [0.4, 0.5) is 5.82 Å². The average molecular weight is 359 g/mol. The highest BCUT2D eigenvalue weighted by atomic mass is 35.5. The van der Waals surface area contributed by atoms with Gasteiger partial charge in [0.15, 0.2) is 0 Å². The second-order valence-electron chi connectivity index (χ2n) is 6.41. The molecule has 1 aliphatic rings. The van der Waals surface area contributed by atoms with Gasteiger partial charge in [0.2, 0.25) is 5.65 Å². The van der Waals surface area contributed by atoms with Crippen molar-refractivity contribution in [3.8, 4) is 11.3 Å². The number of aromatic nitrogens is 5. The minimum absolute atomic E-state index is 0.397. The smallest absolute Gasteiger partial charge is 0.202 e. The molecule has 2 N–H and O–H groups in total. The Balaban J connectivity index is 1.64. The van der Waals surface area contributed by atoms with Gasteiger partial charge in [-0.2, -0.15) is 5.10 Å². The zero-order chi connectivity index (χ0) is 17.4. The predicted octanol–water partition coefficient (Wildman–Crippen LogP) is 2.81. The summed E-state index contributed by atoms with van der Waals surface area (Å²) in [4.78, 5) is 15.4. The van der Waals surface area contributed by atoms with Crippen LogP contribution >= 0.6 is 11.6 Å². The van der Waals surface area contributed by atoms with Crippen LogP contribution in [0.15, 0.2) is 24.5 Å². The highest BCUT2D eigenvalue weighted by molar-refractivity contribution is 6.32. The lowest BCUT2D eigenvalue weighted by molar-refractivity contribution is 0.0125. The Morgan fingerprint density at radius 2 is 2.12 bits per heavy atom. The predicted molar refractivity (Wildman–Crippen MR) is 96.6 cm³/mol. The van der Waals surface area contributed by atoms with Crippen LogP contribution < -0.4 is 4.90 Å². The van der Waals surface area contributed by atoms with E-state index in [1.54, 1.807) is 12.4 Å². The summed E-state index contributed by atoms with van der Waals surface area (Å²) in [6.45, 7) is 3.54. The third-order valence-corrected chi connectivity index (χ3v) is 5.26. The van der Waals surface area contributed by atoms with Gasteiger partial charge in [-0.15, -0.1) is 0 Å². The lowest BCUT2D eigenvalue weighted by atomic mass is 9.89. The maximum atomic E-state index is 10.4. The van der Waals surface area contributed by atoms with E-state index in [-0.39, 0.29) is 0 Å². The van der Waals surface area contributed by atoms with Crippen molar-refractivity contribution < 1.29 is 5.11 Å². The van der Waals surface area contributed by atoms with Gasteiger partial charge in [-0.1, -0.05) is 18.5 Å². The quantitative estimate of drug-likeness (QED) is 0.699. The molecular formula is C17H19ClN6O. The van der Waals surface area contributed by atoms with Crippen molar-refractivity contribution in [2.75, 3.05) is 18.0 Å². The Hall–Kier alpha value is -2.25. The molecule has 0 saturated carbocycles. The second kappa shape index (κ2) is 6.24. The van der Waals surface area contributed by atoms with E-state index in [9.17, 15) is 5.11 Å². The van der Waals surface area contributed by atoms with Gasteiger partial charge in [0.25, 0.3) is 0 Å². The van der Waals surface area contributed by atoms with Crippen LogP contribution in [0.5, 0.6) is 0 Å². The standard InChI is InChI=1S/C17H19ClN6O/c1-2-17(25)5-8-24(9-6-17)12-10-20-14-13(22-23-16(14)21-12)11-4-3-7-19-15(11)18/h3-4,7,10,25H,2,5-6,8-9H2,1H3,(H,21,22,23). The van der Waals surface area contributed by atoms with Crippen molar-refractivity contribution in [1.82, 2.24) is 25.1 Å². The number of anilines is 1. The fourth-order valence-corrected chi connectivity index (χ4v) is 3.42. The highest BCUT2D eigenvalue weighted by Gasteiger charge is 2.31. The SMILES string of the molecule is CCC1(O)CCN(c2cnc3c(-c4cccnc4Cl)[nH]nc3n2)CC1. The molecule has 1 saturated heterocycles. The Morgan fingerprint density at radius 1 is 1.32 bits per heavy atom. The first kappa shape index (κ1) is 16.2. The molecule has 0 atom stereocenters. The summed E-state index contributed by atoms with van der Waals surface area (Å²) in [5, 5.41) is 18.0. The van der Waals surface area contributed by atoms with Crippen molar-refractivity contribution in [3.05, 3.63) is 29.7 Å². The maximum absolute atomic E-state index is 10.4. The zero-order valence-corrected chi connectivity index (χ0v) is 14.7. The number of piperidine rings is 1. The fourth-order valence-electron chi connectivity index (χ4n) is 3.20. The molecule has 0 bridgehead atoms. The summed E-state index contributed by atoms with van der Waals surface area (Å²) in [7, 11) is 0. The van der Waals surface area contributed by atoms with E-state index >= 15 is 0 Å². The molecule has 0 aliphatic carbocycles. The number of pyridine rings is 1. The third kappa shape index (κ3) is 2.94. The normalized spacial score (nSPS) is 17.2. The molecule has 4 rings (SSSR count). The molecule has 3 aromatic rings. The first-order valence-electron chi connectivity index (χ1n) is 8.39. The lowest BCUT2D eigenvalue weighted by Crippen LogP contribution is -2.44. The van der Waals surface area contributed by atoms with E-state index in [4.69, 9.17) is 11.6 Å². The van der Waals surface area contributed by atoms with Crippen molar-refractivity contribution in [3.63, 3.8) is 0 Å². The number of rotatable bonds is 3. The van der Waals surface area contributed by atoms with E-state index in [1.807, 2.05) is 19.1 Å². The highest BCUT2D eigenvalue weighted by Crippen LogP contribution is 2.31. The molecule has 0 amide bonds. The van der Waals surface area contributed by atoms with Crippen LogP contribution in [-0.2, 0) is 0 Å². The zero-order valence-electron chi connectivity index (χ0n) is 13.9. The van der Waals surface area contributed by atoms with Crippen molar-refractivity contribution in [2.45, 2.75) is 31.8 Å². The third-order valence-electron chi connectivity index (χ3n) is 4.96. The summed E-state index contributed by atoms with van der Waals surface area (Å²) in [5.74, 6) is 0.779. The van der Waals surface area contributed by atoms with E-state index in [2.05, 4.69) is 30.0 Å². The topological polar surface area (TPSA) is 90.8 Å². The molecular weight excluding hydrogens is 340 g/mol. The van der Waals surface area contributed by atoms with Gasteiger partial charge in [0, 0.05) is 24.8 Å². The van der Waals surface area contributed by atoms with E-state index in [0.717, 1.165) is 43.7 Å². The van der Waals surface area contributed by atoms with Gasteiger partial charge >= 0.3 is 0 Å². The number of H-pyrrole nitrogens is 1. The summed E-state index contributed by atoms with van der Waals surface area (Å²) < 4.78 is 0. The Kier molecular flexibility index (Phi) is 4.05. The monoisotopic (exact) mass is 358 g/mol. The fraction of sp³-hybridized carbons (Fsp3) is 0.412. The van der Waals surface area contributed by atoms with Gasteiger partial charge in [-0.25, -0.2) is 15.0 Å². The van der Waals surface area contributed by atoms with Crippen molar-refractivity contribution in [1.29, 1.82) is 0 Å². The molecule has 7 nitrogen and oxygen atoms in total. The van der Waals surface area contributed by atoms with Crippen LogP contribution in [0.25, 0.3) is 22.4 Å². The number of fused-ring (bicyclic) bond motifs is 1.